The predicted molar refractivity (Wildman–Crippen MR) is 118 cm³/mol. The maximum absolute atomic E-state index is 13.7. The van der Waals surface area contributed by atoms with E-state index in [-0.39, 0.29) is 5.75 Å². The lowest BCUT2D eigenvalue weighted by Gasteiger charge is -2.32. The average molecular weight is 473 g/mol. The number of hydrogen-bond donors (Lipinski definition) is 1. The van der Waals surface area contributed by atoms with E-state index in [1.165, 1.54) is 0 Å². The van der Waals surface area contributed by atoms with Crippen molar-refractivity contribution >= 4 is 11.9 Å². The van der Waals surface area contributed by atoms with Crippen LogP contribution in [0, 0.1) is 17.6 Å². The van der Waals surface area contributed by atoms with Crippen molar-refractivity contribution in [1.82, 2.24) is 20.1 Å². The largest absolute Gasteiger partial charge is 0.493 e. The highest BCUT2D eigenvalue weighted by Crippen LogP contribution is 2.26. The van der Waals surface area contributed by atoms with Crippen LogP contribution in [-0.4, -0.2) is 50.9 Å². The van der Waals surface area contributed by atoms with Gasteiger partial charge in [-0.3, -0.25) is 0 Å². The van der Waals surface area contributed by atoms with Crippen LogP contribution in [-0.2, 0) is 6.42 Å². The number of carboxylic acid groups (broad SMARTS) is 1. The number of piperidine rings is 1. The fourth-order valence-electron chi connectivity index (χ4n) is 3.94. The van der Waals surface area contributed by atoms with Gasteiger partial charge in [0.1, 0.15) is 22.9 Å². The number of benzene rings is 1. The van der Waals surface area contributed by atoms with Crippen LogP contribution in [0.3, 0.4) is 0 Å². The minimum Gasteiger partial charge on any atom is -0.493 e. The van der Waals surface area contributed by atoms with Gasteiger partial charge in [-0.2, -0.15) is 4.98 Å². The molecule has 4 rings (SSSR count). The van der Waals surface area contributed by atoms with Crippen molar-refractivity contribution in [1.29, 1.82) is 0 Å². The summed E-state index contributed by atoms with van der Waals surface area (Å²) in [6, 6.07) is 1.80. The number of aromatic nitrogens is 4. The molecule has 9 nitrogen and oxygen atoms in total. The fraction of sp³-hybridized carbons (Fsp3) is 0.435. The molecule has 1 aromatic carbocycles. The van der Waals surface area contributed by atoms with E-state index in [2.05, 4.69) is 25.0 Å². The molecule has 0 aliphatic carbocycles. The van der Waals surface area contributed by atoms with Gasteiger partial charge in [0.05, 0.1) is 12.2 Å². The molecule has 0 bridgehead atoms. The molecular weight excluding hydrogens is 448 g/mol. The lowest BCUT2D eigenvalue weighted by molar-refractivity contribution is 0.0686. The SMILES string of the molecule is CCc1nc(-c2cnc(N3CCC(CCCOc4cc(F)c(C(=O)O)c(F)c4)CC3)nc2)no1. The Morgan fingerprint density at radius 1 is 1.21 bits per heavy atom. The normalized spacial score (nSPS) is 14.4. The van der Waals surface area contributed by atoms with Crippen LogP contribution in [0.15, 0.2) is 29.0 Å². The van der Waals surface area contributed by atoms with E-state index < -0.39 is 23.2 Å². The van der Waals surface area contributed by atoms with Crippen LogP contribution in [0.25, 0.3) is 11.4 Å². The predicted octanol–water partition coefficient (Wildman–Crippen LogP) is 4.14. The number of rotatable bonds is 9. The number of aryl methyl sites for hydroxylation is 1. The number of ether oxygens (including phenoxy) is 1. The summed E-state index contributed by atoms with van der Waals surface area (Å²) < 4.78 is 38.0. The Morgan fingerprint density at radius 3 is 2.47 bits per heavy atom. The number of anilines is 1. The molecule has 180 valence electrons. The van der Waals surface area contributed by atoms with E-state index in [0.29, 0.717) is 42.2 Å². The molecule has 3 heterocycles. The van der Waals surface area contributed by atoms with Gasteiger partial charge in [0.2, 0.25) is 17.7 Å². The highest BCUT2D eigenvalue weighted by atomic mass is 19.1. The Kier molecular flexibility index (Phi) is 7.29. The zero-order chi connectivity index (χ0) is 24.1. The van der Waals surface area contributed by atoms with E-state index >= 15 is 0 Å². The van der Waals surface area contributed by atoms with Gasteiger partial charge in [-0.1, -0.05) is 12.1 Å². The summed E-state index contributed by atoms with van der Waals surface area (Å²) in [6.45, 7) is 3.91. The lowest BCUT2D eigenvalue weighted by atomic mass is 9.92. The maximum atomic E-state index is 13.7. The third kappa shape index (κ3) is 5.46. The highest BCUT2D eigenvalue weighted by Gasteiger charge is 2.22. The highest BCUT2D eigenvalue weighted by molar-refractivity contribution is 5.88. The molecule has 1 saturated heterocycles. The molecule has 1 fully saturated rings. The van der Waals surface area contributed by atoms with Gasteiger partial charge in [-0.25, -0.2) is 23.5 Å². The summed E-state index contributed by atoms with van der Waals surface area (Å²) in [7, 11) is 0. The second kappa shape index (κ2) is 10.5. The number of carboxylic acids is 1. The van der Waals surface area contributed by atoms with Crippen molar-refractivity contribution in [3.63, 3.8) is 0 Å². The minimum absolute atomic E-state index is 0.0119. The van der Waals surface area contributed by atoms with Crippen LogP contribution in [0.5, 0.6) is 5.75 Å². The molecule has 0 saturated carbocycles. The molecule has 3 aromatic rings. The maximum Gasteiger partial charge on any atom is 0.341 e. The monoisotopic (exact) mass is 473 g/mol. The molecular formula is C23H25F2N5O4. The molecule has 1 N–H and O–H groups in total. The van der Waals surface area contributed by atoms with E-state index in [0.717, 1.165) is 50.9 Å². The molecule has 0 unspecified atom stereocenters. The lowest BCUT2D eigenvalue weighted by Crippen LogP contribution is -2.34. The second-order valence-electron chi connectivity index (χ2n) is 8.13. The van der Waals surface area contributed by atoms with Crippen molar-refractivity contribution in [3.05, 3.63) is 47.6 Å². The minimum atomic E-state index is -1.65. The van der Waals surface area contributed by atoms with E-state index in [4.69, 9.17) is 14.4 Å². The van der Waals surface area contributed by atoms with E-state index in [1.807, 2.05) is 6.92 Å². The number of nitrogens with zero attached hydrogens (tertiary/aromatic N) is 5. The first-order chi connectivity index (χ1) is 16.4. The van der Waals surface area contributed by atoms with E-state index in [9.17, 15) is 13.6 Å². The number of aromatic carboxylic acids is 1. The third-order valence-corrected chi connectivity index (χ3v) is 5.82. The van der Waals surface area contributed by atoms with Crippen LogP contribution < -0.4 is 9.64 Å². The summed E-state index contributed by atoms with van der Waals surface area (Å²) in [6.07, 6.45) is 7.67. The average Bonchev–Trinajstić information content (AvgIpc) is 3.31. The summed E-state index contributed by atoms with van der Waals surface area (Å²) in [4.78, 5) is 26.2. The zero-order valence-corrected chi connectivity index (χ0v) is 18.7. The Hall–Kier alpha value is -3.63. The molecule has 0 spiro atoms. The van der Waals surface area contributed by atoms with Gasteiger partial charge in [0.15, 0.2) is 0 Å². The second-order valence-corrected chi connectivity index (χ2v) is 8.13. The summed E-state index contributed by atoms with van der Waals surface area (Å²) in [5.74, 6) is -1.72. The first-order valence-corrected chi connectivity index (χ1v) is 11.2. The fourth-order valence-corrected chi connectivity index (χ4v) is 3.94. The molecule has 1 aliphatic heterocycles. The number of hydrogen-bond acceptors (Lipinski definition) is 8. The first-order valence-electron chi connectivity index (χ1n) is 11.2. The van der Waals surface area contributed by atoms with Crippen molar-refractivity contribution in [2.75, 3.05) is 24.6 Å². The Morgan fingerprint density at radius 2 is 1.88 bits per heavy atom. The van der Waals surface area contributed by atoms with Crippen molar-refractivity contribution in [2.24, 2.45) is 5.92 Å². The van der Waals surface area contributed by atoms with Crippen molar-refractivity contribution in [3.8, 4) is 17.1 Å². The Balaban J connectivity index is 1.20. The van der Waals surface area contributed by atoms with Gasteiger partial charge >= 0.3 is 5.97 Å². The molecule has 1 aliphatic rings. The molecule has 0 amide bonds. The smallest absolute Gasteiger partial charge is 0.341 e. The summed E-state index contributed by atoms with van der Waals surface area (Å²) >= 11 is 0. The molecule has 0 radical (unpaired) electrons. The summed E-state index contributed by atoms with van der Waals surface area (Å²) in [5.41, 5.74) is -0.266. The van der Waals surface area contributed by atoms with Gasteiger partial charge in [0, 0.05) is 44.0 Å². The van der Waals surface area contributed by atoms with E-state index in [1.54, 1.807) is 12.4 Å². The quantitative estimate of drug-likeness (QED) is 0.458. The molecule has 34 heavy (non-hydrogen) atoms. The standard InChI is InChI=1S/C23H25F2N5O4/c1-2-19-28-21(29-34-19)15-12-26-23(27-13-15)30-7-5-14(6-8-30)4-3-9-33-16-10-17(24)20(22(31)32)18(25)11-16/h10-14H,2-9H2,1H3,(H,31,32). The summed E-state index contributed by atoms with van der Waals surface area (Å²) in [5, 5.41) is 12.7. The molecule has 0 atom stereocenters. The Labute approximate surface area is 194 Å². The van der Waals surface area contributed by atoms with Gasteiger partial charge in [0.25, 0.3) is 0 Å². The third-order valence-electron chi connectivity index (χ3n) is 5.82. The topological polar surface area (TPSA) is 114 Å². The first kappa shape index (κ1) is 23.5. The number of carbonyl (C=O) groups is 1. The van der Waals surface area contributed by atoms with Crippen LogP contribution in [0.2, 0.25) is 0 Å². The molecule has 11 heteroatoms. The van der Waals surface area contributed by atoms with Crippen molar-refractivity contribution < 1.29 is 27.9 Å². The number of halogens is 2. The van der Waals surface area contributed by atoms with Crippen LogP contribution in [0.4, 0.5) is 14.7 Å². The van der Waals surface area contributed by atoms with Crippen LogP contribution >= 0.6 is 0 Å². The van der Waals surface area contributed by atoms with Crippen LogP contribution in [0.1, 0.15) is 48.9 Å². The zero-order valence-electron chi connectivity index (χ0n) is 18.7. The van der Waals surface area contributed by atoms with Crippen molar-refractivity contribution in [2.45, 2.75) is 39.0 Å². The van der Waals surface area contributed by atoms with Gasteiger partial charge < -0.3 is 19.3 Å². The Bertz CT molecular complexity index is 1110. The molecule has 2 aromatic heterocycles. The van der Waals surface area contributed by atoms with Gasteiger partial charge in [-0.15, -0.1) is 0 Å². The van der Waals surface area contributed by atoms with Gasteiger partial charge in [-0.05, 0) is 31.6 Å².